The lowest BCUT2D eigenvalue weighted by atomic mass is 10.1. The minimum absolute atomic E-state index is 0.207. The Bertz CT molecular complexity index is 860. The zero-order valence-corrected chi connectivity index (χ0v) is 15.7. The first-order valence-electron chi connectivity index (χ1n) is 9.14. The molecule has 7 nitrogen and oxygen atoms in total. The van der Waals surface area contributed by atoms with Crippen LogP contribution in [-0.4, -0.2) is 69.8 Å². The van der Waals surface area contributed by atoms with Crippen LogP contribution < -0.4 is 0 Å². The third-order valence-corrected chi connectivity index (χ3v) is 5.22. The number of rotatable bonds is 4. The van der Waals surface area contributed by atoms with E-state index in [2.05, 4.69) is 9.89 Å². The highest BCUT2D eigenvalue weighted by Gasteiger charge is 2.53. The van der Waals surface area contributed by atoms with Crippen molar-refractivity contribution in [2.24, 2.45) is 4.99 Å². The van der Waals surface area contributed by atoms with Crippen molar-refractivity contribution in [3.63, 3.8) is 0 Å². The van der Waals surface area contributed by atoms with Crippen LogP contribution in [0.15, 0.2) is 53.3 Å². The normalized spacial score (nSPS) is 24.6. The van der Waals surface area contributed by atoms with Crippen LogP contribution >= 0.6 is 0 Å². The zero-order chi connectivity index (χ0) is 19.1. The molecule has 27 heavy (non-hydrogen) atoms. The summed E-state index contributed by atoms with van der Waals surface area (Å²) in [4.78, 5) is 37.4. The van der Waals surface area contributed by atoms with Crippen LogP contribution in [0.4, 0.5) is 4.79 Å². The van der Waals surface area contributed by atoms with E-state index in [0.29, 0.717) is 0 Å². The van der Waals surface area contributed by atoms with Crippen LogP contribution in [0.5, 0.6) is 0 Å². The maximum atomic E-state index is 13.1. The molecule has 2 atom stereocenters. The number of guanidine groups is 1. The molecule has 0 spiro atoms. The van der Waals surface area contributed by atoms with Crippen molar-refractivity contribution >= 4 is 24.0 Å². The first-order valence-corrected chi connectivity index (χ1v) is 9.14. The summed E-state index contributed by atoms with van der Waals surface area (Å²) in [5.41, 5.74) is 2.08. The number of fused-ring (bicyclic) bond motifs is 3. The lowest BCUT2D eigenvalue weighted by Gasteiger charge is -2.39. The number of amides is 3. The van der Waals surface area contributed by atoms with Crippen molar-refractivity contribution in [2.75, 3.05) is 20.1 Å². The van der Waals surface area contributed by atoms with Gasteiger partial charge in [0.25, 0.3) is 5.91 Å². The van der Waals surface area contributed by atoms with E-state index in [9.17, 15) is 9.59 Å². The van der Waals surface area contributed by atoms with Gasteiger partial charge in [-0.1, -0.05) is 42.5 Å². The average Bonchev–Trinajstić information content (AvgIpc) is 3.18. The topological polar surface area (TPSA) is 59.5 Å². The molecule has 0 bridgehead atoms. The van der Waals surface area contributed by atoms with E-state index in [0.717, 1.165) is 23.8 Å². The Hall–Kier alpha value is -3.09. The van der Waals surface area contributed by atoms with Gasteiger partial charge in [0.05, 0.1) is 0 Å². The van der Waals surface area contributed by atoms with Gasteiger partial charge in [-0.05, 0) is 19.4 Å². The number of carbonyl (C=O) groups excluding carboxylic acids is 2. The van der Waals surface area contributed by atoms with Crippen LogP contribution in [0.1, 0.15) is 19.4 Å². The lowest BCUT2D eigenvalue weighted by Crippen LogP contribution is -2.64. The fraction of sp³-hybridized carbons (Fsp3) is 0.350. The van der Waals surface area contributed by atoms with Crippen molar-refractivity contribution in [3.05, 3.63) is 53.9 Å². The number of allylic oxidation sites excluding steroid dienone is 1. The third-order valence-electron chi connectivity index (χ3n) is 5.22. The van der Waals surface area contributed by atoms with Crippen molar-refractivity contribution in [2.45, 2.75) is 26.1 Å². The smallest absolute Gasteiger partial charge is 0.315 e. The minimum Gasteiger partial charge on any atom is -0.315 e. The summed E-state index contributed by atoms with van der Waals surface area (Å²) in [7, 11) is 1.71. The van der Waals surface area contributed by atoms with E-state index in [1.165, 1.54) is 4.90 Å². The fourth-order valence-corrected chi connectivity index (χ4v) is 3.82. The van der Waals surface area contributed by atoms with Gasteiger partial charge in [-0.15, -0.1) is 0 Å². The van der Waals surface area contributed by atoms with E-state index in [4.69, 9.17) is 0 Å². The molecule has 7 heteroatoms. The quantitative estimate of drug-likeness (QED) is 0.820. The summed E-state index contributed by atoms with van der Waals surface area (Å²) in [5, 5.41) is 0. The van der Waals surface area contributed by atoms with Gasteiger partial charge < -0.3 is 14.7 Å². The summed E-state index contributed by atoms with van der Waals surface area (Å²) in [6, 6.07) is 9.00. The van der Waals surface area contributed by atoms with Gasteiger partial charge in [0.2, 0.25) is 5.96 Å². The lowest BCUT2D eigenvalue weighted by molar-refractivity contribution is -0.136. The largest absolute Gasteiger partial charge is 0.328 e. The van der Waals surface area contributed by atoms with Crippen LogP contribution in [-0.2, 0) is 4.79 Å². The minimum atomic E-state index is -0.501. The maximum absolute atomic E-state index is 13.1. The molecular formula is C20H23N5O2. The van der Waals surface area contributed by atoms with Gasteiger partial charge in [0, 0.05) is 32.0 Å². The summed E-state index contributed by atoms with van der Waals surface area (Å²) in [6.45, 7) is 5.06. The highest BCUT2D eigenvalue weighted by atomic mass is 16.2. The second-order valence-corrected chi connectivity index (χ2v) is 6.86. The molecule has 3 aliphatic rings. The van der Waals surface area contributed by atoms with Gasteiger partial charge in [-0.2, -0.15) is 0 Å². The van der Waals surface area contributed by atoms with E-state index >= 15 is 0 Å². The summed E-state index contributed by atoms with van der Waals surface area (Å²) in [5.74, 6) is 0.543. The third kappa shape index (κ3) is 2.70. The van der Waals surface area contributed by atoms with Gasteiger partial charge in [0.1, 0.15) is 0 Å². The summed E-state index contributed by atoms with van der Waals surface area (Å²) in [6.07, 6.45) is 5.24. The van der Waals surface area contributed by atoms with Crippen LogP contribution in [0, 0.1) is 0 Å². The SMILES string of the molecule is CCN1C(C)=CN2C1=NC1C2C(=O)N(C/C=C/c2ccccc2)C(=O)N1C. The highest BCUT2D eigenvalue weighted by Crippen LogP contribution is 2.33. The van der Waals surface area contributed by atoms with E-state index in [1.807, 2.05) is 67.4 Å². The Labute approximate surface area is 158 Å². The molecule has 3 aliphatic heterocycles. The molecule has 3 heterocycles. The average molecular weight is 365 g/mol. The van der Waals surface area contributed by atoms with Gasteiger partial charge in [-0.25, -0.2) is 9.79 Å². The van der Waals surface area contributed by atoms with Crippen LogP contribution in [0.2, 0.25) is 0 Å². The second kappa shape index (κ2) is 6.57. The molecule has 140 valence electrons. The van der Waals surface area contributed by atoms with Crippen LogP contribution in [0.3, 0.4) is 0 Å². The molecule has 0 N–H and O–H groups in total. The Kier molecular flexibility index (Phi) is 4.22. The first kappa shape index (κ1) is 17.3. The molecule has 0 saturated carbocycles. The standard InChI is InChI=1S/C20H23N5O2/c1-4-23-14(2)13-25-16-17(21-19(23)25)22(3)20(27)24(18(16)26)12-8-11-15-9-6-5-7-10-15/h5-11,13,16-17H,4,12H2,1-3H3/b11-8+. The van der Waals surface area contributed by atoms with Crippen molar-refractivity contribution in [3.8, 4) is 0 Å². The molecule has 4 rings (SSSR count). The Morgan fingerprint density at radius 1 is 1.15 bits per heavy atom. The molecule has 1 fully saturated rings. The molecule has 0 aliphatic carbocycles. The maximum Gasteiger partial charge on any atom is 0.328 e. The molecule has 1 aromatic carbocycles. The Morgan fingerprint density at radius 3 is 2.59 bits per heavy atom. The van der Waals surface area contributed by atoms with Crippen molar-refractivity contribution < 1.29 is 9.59 Å². The second-order valence-electron chi connectivity index (χ2n) is 6.86. The number of hydrogen-bond donors (Lipinski definition) is 0. The van der Waals surface area contributed by atoms with E-state index < -0.39 is 12.2 Å². The number of hydrogen-bond acceptors (Lipinski definition) is 5. The number of nitrogens with zero attached hydrogens (tertiary/aromatic N) is 5. The van der Waals surface area contributed by atoms with Crippen LogP contribution in [0.25, 0.3) is 6.08 Å². The van der Waals surface area contributed by atoms with Crippen molar-refractivity contribution in [1.29, 1.82) is 0 Å². The molecule has 1 aromatic rings. The number of carbonyl (C=O) groups is 2. The van der Waals surface area contributed by atoms with E-state index in [1.54, 1.807) is 11.9 Å². The first-order chi connectivity index (χ1) is 13.0. The monoisotopic (exact) mass is 365 g/mol. The number of benzene rings is 1. The van der Waals surface area contributed by atoms with Gasteiger partial charge in [-0.3, -0.25) is 9.69 Å². The van der Waals surface area contributed by atoms with E-state index in [-0.39, 0.29) is 18.5 Å². The molecular weight excluding hydrogens is 342 g/mol. The molecule has 2 unspecified atom stereocenters. The Morgan fingerprint density at radius 2 is 1.89 bits per heavy atom. The number of aliphatic imine (C=N–C) groups is 1. The number of imide groups is 1. The predicted molar refractivity (Wildman–Crippen MR) is 103 cm³/mol. The molecule has 1 saturated heterocycles. The number of urea groups is 1. The predicted octanol–water partition coefficient (Wildman–Crippen LogP) is 2.16. The molecule has 0 radical (unpaired) electrons. The molecule has 3 amide bonds. The summed E-state index contributed by atoms with van der Waals surface area (Å²) >= 11 is 0. The molecule has 0 aromatic heterocycles. The zero-order valence-electron chi connectivity index (χ0n) is 15.7. The van der Waals surface area contributed by atoms with Crippen molar-refractivity contribution in [1.82, 2.24) is 19.6 Å². The van der Waals surface area contributed by atoms with Gasteiger partial charge >= 0.3 is 6.03 Å². The van der Waals surface area contributed by atoms with Gasteiger partial charge in [0.15, 0.2) is 12.2 Å². The summed E-state index contributed by atoms with van der Waals surface area (Å²) < 4.78 is 0. The highest BCUT2D eigenvalue weighted by molar-refractivity contribution is 6.05. The number of likely N-dealkylation sites (N-methyl/N-ethyl adjacent to an activating group) is 1. The fourth-order valence-electron chi connectivity index (χ4n) is 3.82. The Balaban J connectivity index is 1.56.